The number of ether oxygens (including phenoxy) is 1. The summed E-state index contributed by atoms with van der Waals surface area (Å²) in [6, 6.07) is 0. The Balaban J connectivity index is 4.07. The van der Waals surface area contributed by atoms with Gasteiger partial charge in [-0.3, -0.25) is 4.57 Å². The summed E-state index contributed by atoms with van der Waals surface area (Å²) >= 11 is 0. The van der Waals surface area contributed by atoms with Crippen LogP contribution in [0.1, 0.15) is 6.42 Å². The van der Waals surface area contributed by atoms with E-state index in [0.29, 0.717) is 0 Å². The molecular formula is C7H13O6P. The van der Waals surface area contributed by atoms with Crippen LogP contribution in [-0.2, 0) is 14.1 Å². The standard InChI is InChI=1S/C7H13O6P/c1-5(7(9)13-2)3-6(8)4-14(10,11)12/h6,8H,1,3-4H2,2H3,(H2,10,11,12). The molecule has 0 aromatic carbocycles. The number of carbonyl (C=O) groups excluding carboxylic acids is 1. The maximum absolute atomic E-state index is 10.8. The molecule has 82 valence electrons. The van der Waals surface area contributed by atoms with Gasteiger partial charge in [-0.15, -0.1) is 0 Å². The van der Waals surface area contributed by atoms with Crippen molar-refractivity contribution in [1.29, 1.82) is 0 Å². The van der Waals surface area contributed by atoms with Crippen LogP contribution in [-0.4, -0.2) is 40.2 Å². The molecule has 0 aliphatic carbocycles. The van der Waals surface area contributed by atoms with E-state index in [1.54, 1.807) is 0 Å². The molecule has 6 nitrogen and oxygen atoms in total. The van der Waals surface area contributed by atoms with Crippen molar-refractivity contribution in [3.63, 3.8) is 0 Å². The lowest BCUT2D eigenvalue weighted by atomic mass is 10.1. The highest BCUT2D eigenvalue weighted by Crippen LogP contribution is 2.35. The van der Waals surface area contributed by atoms with E-state index in [9.17, 15) is 9.36 Å². The van der Waals surface area contributed by atoms with Crippen LogP contribution in [0.3, 0.4) is 0 Å². The number of aliphatic hydroxyl groups is 1. The molecule has 0 fully saturated rings. The molecule has 0 aliphatic heterocycles. The van der Waals surface area contributed by atoms with Gasteiger partial charge >= 0.3 is 13.6 Å². The third-order valence-electron chi connectivity index (χ3n) is 1.40. The Bertz CT molecular complexity index is 267. The second-order valence-electron chi connectivity index (χ2n) is 2.80. The first-order valence-electron chi connectivity index (χ1n) is 3.75. The summed E-state index contributed by atoms with van der Waals surface area (Å²) in [6.07, 6.45) is -2.19. The SMILES string of the molecule is C=C(CC(O)CP(=O)(O)O)C(=O)OC. The zero-order valence-corrected chi connectivity index (χ0v) is 8.61. The molecule has 0 amide bonds. The van der Waals surface area contributed by atoms with E-state index >= 15 is 0 Å². The first-order valence-corrected chi connectivity index (χ1v) is 5.54. The van der Waals surface area contributed by atoms with E-state index in [0.717, 1.165) is 7.11 Å². The summed E-state index contributed by atoms with van der Waals surface area (Å²) in [5.41, 5.74) is -0.0200. The topological polar surface area (TPSA) is 104 Å². The predicted molar refractivity (Wildman–Crippen MR) is 48.7 cm³/mol. The van der Waals surface area contributed by atoms with Crippen LogP contribution >= 0.6 is 7.60 Å². The monoisotopic (exact) mass is 224 g/mol. The fourth-order valence-electron chi connectivity index (χ4n) is 0.851. The van der Waals surface area contributed by atoms with E-state index < -0.39 is 25.8 Å². The predicted octanol–water partition coefficient (Wildman–Crippen LogP) is -0.356. The Morgan fingerprint density at radius 1 is 1.57 bits per heavy atom. The quantitative estimate of drug-likeness (QED) is 0.335. The van der Waals surface area contributed by atoms with Crippen molar-refractivity contribution in [1.82, 2.24) is 0 Å². The maximum Gasteiger partial charge on any atom is 0.333 e. The number of rotatable bonds is 5. The molecule has 3 N–H and O–H groups in total. The van der Waals surface area contributed by atoms with E-state index in [1.807, 2.05) is 0 Å². The average molecular weight is 224 g/mol. The molecule has 0 bridgehead atoms. The fraction of sp³-hybridized carbons (Fsp3) is 0.571. The zero-order valence-electron chi connectivity index (χ0n) is 7.71. The summed E-state index contributed by atoms with van der Waals surface area (Å²) in [7, 11) is -3.10. The molecule has 1 atom stereocenters. The summed E-state index contributed by atoms with van der Waals surface area (Å²) in [5, 5.41) is 9.14. The molecule has 0 heterocycles. The highest BCUT2D eigenvalue weighted by Gasteiger charge is 2.21. The molecule has 14 heavy (non-hydrogen) atoms. The Morgan fingerprint density at radius 2 is 2.07 bits per heavy atom. The second kappa shape index (κ2) is 5.26. The van der Waals surface area contributed by atoms with Crippen molar-refractivity contribution < 1.29 is 29.0 Å². The van der Waals surface area contributed by atoms with Gasteiger partial charge < -0.3 is 19.6 Å². The van der Waals surface area contributed by atoms with Crippen molar-refractivity contribution in [2.75, 3.05) is 13.3 Å². The number of aliphatic hydroxyl groups excluding tert-OH is 1. The van der Waals surface area contributed by atoms with Crippen LogP contribution in [0.4, 0.5) is 0 Å². The fourth-order valence-corrected chi connectivity index (χ4v) is 1.53. The Kier molecular flexibility index (Phi) is 5.01. The van der Waals surface area contributed by atoms with Gasteiger partial charge in [0.1, 0.15) is 0 Å². The summed E-state index contributed by atoms with van der Waals surface area (Å²) < 4.78 is 14.8. The number of hydrogen-bond acceptors (Lipinski definition) is 4. The smallest absolute Gasteiger partial charge is 0.333 e. The van der Waals surface area contributed by atoms with E-state index in [-0.39, 0.29) is 12.0 Å². The van der Waals surface area contributed by atoms with Gasteiger partial charge in [0.15, 0.2) is 0 Å². The van der Waals surface area contributed by atoms with Crippen molar-refractivity contribution >= 4 is 13.6 Å². The van der Waals surface area contributed by atoms with Gasteiger partial charge in [0.05, 0.1) is 19.4 Å². The lowest BCUT2D eigenvalue weighted by Crippen LogP contribution is -2.17. The van der Waals surface area contributed by atoms with Crippen LogP contribution in [0.2, 0.25) is 0 Å². The number of carbonyl (C=O) groups is 1. The molecule has 0 aliphatic rings. The van der Waals surface area contributed by atoms with Gasteiger partial charge in [0.2, 0.25) is 0 Å². The number of hydrogen-bond donors (Lipinski definition) is 3. The van der Waals surface area contributed by atoms with Gasteiger partial charge in [-0.2, -0.15) is 0 Å². The van der Waals surface area contributed by atoms with Crippen LogP contribution in [0.5, 0.6) is 0 Å². The minimum absolute atomic E-state index is 0.0200. The Labute approximate surface area is 81.4 Å². The zero-order chi connectivity index (χ0) is 11.4. The summed E-state index contributed by atoms with van der Waals surface area (Å²) in [5.74, 6) is -0.699. The molecule has 1 unspecified atom stereocenters. The third-order valence-corrected chi connectivity index (χ3v) is 2.30. The van der Waals surface area contributed by atoms with Crippen molar-refractivity contribution in [2.24, 2.45) is 0 Å². The normalized spacial score (nSPS) is 13.4. The molecule has 0 saturated carbocycles. The van der Waals surface area contributed by atoms with Gasteiger partial charge in [0, 0.05) is 12.0 Å². The molecular weight excluding hydrogens is 211 g/mol. The number of methoxy groups -OCH3 is 1. The van der Waals surface area contributed by atoms with E-state index in [1.165, 1.54) is 0 Å². The van der Waals surface area contributed by atoms with Crippen molar-refractivity contribution in [2.45, 2.75) is 12.5 Å². The van der Waals surface area contributed by atoms with Crippen LogP contribution in [0.25, 0.3) is 0 Å². The van der Waals surface area contributed by atoms with Gasteiger partial charge in [-0.25, -0.2) is 4.79 Å². The minimum Gasteiger partial charge on any atom is -0.466 e. The summed E-state index contributed by atoms with van der Waals surface area (Å²) in [4.78, 5) is 27.8. The van der Waals surface area contributed by atoms with Gasteiger partial charge in [-0.05, 0) is 0 Å². The van der Waals surface area contributed by atoms with Gasteiger partial charge in [0.25, 0.3) is 0 Å². The van der Waals surface area contributed by atoms with Crippen molar-refractivity contribution in [3.05, 3.63) is 12.2 Å². The second-order valence-corrected chi connectivity index (χ2v) is 4.49. The van der Waals surface area contributed by atoms with Gasteiger partial charge in [-0.1, -0.05) is 6.58 Å². The molecule has 0 aromatic rings. The largest absolute Gasteiger partial charge is 0.466 e. The van der Waals surface area contributed by atoms with E-state index in [4.69, 9.17) is 14.9 Å². The first-order chi connectivity index (χ1) is 6.26. The molecule has 0 spiro atoms. The molecule has 0 saturated heterocycles. The minimum atomic E-state index is -4.26. The lowest BCUT2D eigenvalue weighted by molar-refractivity contribution is -0.136. The highest BCUT2D eigenvalue weighted by atomic mass is 31.2. The summed E-state index contributed by atoms with van der Waals surface area (Å²) in [6.45, 7) is 3.31. The lowest BCUT2D eigenvalue weighted by Gasteiger charge is -2.11. The van der Waals surface area contributed by atoms with Crippen LogP contribution in [0.15, 0.2) is 12.2 Å². The van der Waals surface area contributed by atoms with Crippen LogP contribution in [0, 0.1) is 0 Å². The average Bonchev–Trinajstić information content (AvgIpc) is 1.99. The van der Waals surface area contributed by atoms with E-state index in [2.05, 4.69) is 11.3 Å². The van der Waals surface area contributed by atoms with Crippen LogP contribution < -0.4 is 0 Å². The Hall–Kier alpha value is -0.680. The highest BCUT2D eigenvalue weighted by molar-refractivity contribution is 7.51. The number of esters is 1. The van der Waals surface area contributed by atoms with Crippen molar-refractivity contribution in [3.8, 4) is 0 Å². The first kappa shape index (κ1) is 13.3. The molecule has 7 heteroatoms. The Morgan fingerprint density at radius 3 is 2.43 bits per heavy atom. The molecule has 0 rings (SSSR count). The molecule has 0 aromatic heterocycles. The maximum atomic E-state index is 10.8. The molecule has 0 radical (unpaired) electrons. The third kappa shape index (κ3) is 5.88.